The summed E-state index contributed by atoms with van der Waals surface area (Å²) in [5.41, 5.74) is 4.98. The van der Waals surface area contributed by atoms with E-state index in [0.717, 1.165) is 47.7 Å². The van der Waals surface area contributed by atoms with Crippen molar-refractivity contribution in [3.05, 3.63) is 52.4 Å². The Balaban J connectivity index is 2.11. The number of carbonyl (C=O) groups is 2. The fourth-order valence-electron chi connectivity index (χ4n) is 4.72. The maximum Gasteiger partial charge on any atom is 0.336 e. The van der Waals surface area contributed by atoms with Gasteiger partial charge in [-0.2, -0.15) is 0 Å². The average molecular weight is 411 g/mol. The van der Waals surface area contributed by atoms with E-state index in [2.05, 4.69) is 50.0 Å². The van der Waals surface area contributed by atoms with Crippen LogP contribution >= 0.6 is 0 Å². The summed E-state index contributed by atoms with van der Waals surface area (Å²) >= 11 is 0. The summed E-state index contributed by atoms with van der Waals surface area (Å²) in [6.45, 7) is 14.4. The van der Waals surface area contributed by atoms with E-state index in [1.54, 1.807) is 6.92 Å². The number of hydrogen-bond acceptors (Lipinski definition) is 5. The van der Waals surface area contributed by atoms with Crippen LogP contribution in [0.3, 0.4) is 0 Å². The van der Waals surface area contributed by atoms with E-state index >= 15 is 0 Å². The number of hydrogen-bond donors (Lipinski definition) is 1. The van der Waals surface area contributed by atoms with E-state index in [1.165, 1.54) is 0 Å². The van der Waals surface area contributed by atoms with Gasteiger partial charge in [-0.25, -0.2) is 4.79 Å². The zero-order chi connectivity index (χ0) is 22.1. The van der Waals surface area contributed by atoms with Crippen molar-refractivity contribution in [3.8, 4) is 0 Å². The first-order valence-electron chi connectivity index (χ1n) is 11.0. The molecule has 0 saturated heterocycles. The molecule has 0 unspecified atom stereocenters. The first-order valence-corrected chi connectivity index (χ1v) is 11.0. The molecule has 3 rings (SSSR count). The van der Waals surface area contributed by atoms with Crippen LogP contribution in [0.25, 0.3) is 0 Å². The second-order valence-electron chi connectivity index (χ2n) is 8.91. The molecule has 1 atom stereocenters. The number of nitrogens with zero attached hydrogens (tertiary/aromatic N) is 1. The fourth-order valence-corrected chi connectivity index (χ4v) is 4.72. The number of carbonyl (C=O) groups excluding carboxylic acids is 2. The summed E-state index contributed by atoms with van der Waals surface area (Å²) in [4.78, 5) is 28.4. The third-order valence-corrected chi connectivity index (χ3v) is 6.09. The lowest BCUT2D eigenvalue weighted by Gasteiger charge is -2.39. The highest BCUT2D eigenvalue weighted by molar-refractivity contribution is 6.04. The largest absolute Gasteiger partial charge is 0.463 e. The molecule has 0 bridgehead atoms. The number of ketones is 1. The monoisotopic (exact) mass is 410 g/mol. The highest BCUT2D eigenvalue weighted by atomic mass is 16.5. The molecule has 0 aromatic heterocycles. The third kappa shape index (κ3) is 4.16. The quantitative estimate of drug-likeness (QED) is 0.689. The molecule has 0 saturated carbocycles. The minimum absolute atomic E-state index is 0.0954. The van der Waals surface area contributed by atoms with E-state index in [1.807, 2.05) is 19.1 Å². The van der Waals surface area contributed by atoms with Gasteiger partial charge in [-0.3, -0.25) is 4.79 Å². The number of dihydropyridines is 1. The van der Waals surface area contributed by atoms with Crippen molar-refractivity contribution < 1.29 is 14.3 Å². The van der Waals surface area contributed by atoms with Crippen LogP contribution in [0, 0.1) is 5.41 Å². The topological polar surface area (TPSA) is 58.6 Å². The molecule has 1 heterocycles. The number of esters is 1. The molecule has 5 nitrogen and oxygen atoms in total. The summed E-state index contributed by atoms with van der Waals surface area (Å²) in [6, 6.07) is 8.27. The Kier molecular flexibility index (Phi) is 6.39. The minimum Gasteiger partial charge on any atom is -0.463 e. The van der Waals surface area contributed by atoms with Crippen LogP contribution in [0.5, 0.6) is 0 Å². The van der Waals surface area contributed by atoms with Crippen molar-refractivity contribution in [3.63, 3.8) is 0 Å². The lowest BCUT2D eigenvalue weighted by Crippen LogP contribution is -2.38. The van der Waals surface area contributed by atoms with E-state index in [4.69, 9.17) is 4.74 Å². The van der Waals surface area contributed by atoms with Gasteiger partial charge in [-0.15, -0.1) is 0 Å². The second-order valence-corrected chi connectivity index (χ2v) is 8.91. The van der Waals surface area contributed by atoms with Crippen molar-refractivity contribution >= 4 is 17.4 Å². The van der Waals surface area contributed by atoms with Crippen molar-refractivity contribution in [2.75, 3.05) is 24.6 Å². The lowest BCUT2D eigenvalue weighted by molar-refractivity contribution is -0.138. The first kappa shape index (κ1) is 22.1. The Morgan fingerprint density at radius 1 is 1.13 bits per heavy atom. The van der Waals surface area contributed by atoms with Gasteiger partial charge in [0.1, 0.15) is 0 Å². The standard InChI is InChI=1S/C25H34N2O3/c1-7-27(8-2)18-12-10-17(11-13-18)22-21(24(29)30-9-3)16(4)26-19-14-25(5,6)15-20(28)23(19)22/h10-13,22,26H,7-9,14-15H2,1-6H3/t22-/m1/s1. The Labute approximate surface area is 180 Å². The van der Waals surface area contributed by atoms with Crippen molar-refractivity contribution in [1.29, 1.82) is 0 Å². The molecule has 0 spiro atoms. The Bertz CT molecular complexity index is 889. The molecule has 1 aromatic rings. The van der Waals surface area contributed by atoms with E-state index < -0.39 is 5.92 Å². The predicted molar refractivity (Wildman–Crippen MR) is 120 cm³/mol. The molecule has 1 N–H and O–H groups in total. The number of nitrogens with one attached hydrogen (secondary N) is 1. The van der Waals surface area contributed by atoms with Gasteiger partial charge in [-0.05, 0) is 57.2 Å². The number of benzene rings is 1. The van der Waals surface area contributed by atoms with Gasteiger partial charge >= 0.3 is 5.97 Å². The minimum atomic E-state index is -0.394. The second kappa shape index (κ2) is 8.66. The molecule has 1 aliphatic carbocycles. The molecular formula is C25H34N2O3. The molecule has 0 amide bonds. The Morgan fingerprint density at radius 2 is 1.77 bits per heavy atom. The SMILES string of the molecule is CCOC(=O)C1=C(C)NC2=C(C(=O)CC(C)(C)C2)[C@@H]1c1ccc(N(CC)CC)cc1. The van der Waals surface area contributed by atoms with Gasteiger partial charge in [-0.1, -0.05) is 26.0 Å². The van der Waals surface area contributed by atoms with Crippen LogP contribution in [0.4, 0.5) is 5.69 Å². The number of ether oxygens (including phenoxy) is 1. The molecule has 30 heavy (non-hydrogen) atoms. The molecule has 0 fully saturated rings. The summed E-state index contributed by atoms with van der Waals surface area (Å²) in [5, 5.41) is 3.37. The Hall–Kier alpha value is -2.56. The highest BCUT2D eigenvalue weighted by Gasteiger charge is 2.43. The van der Waals surface area contributed by atoms with Crippen LogP contribution in [-0.4, -0.2) is 31.4 Å². The summed E-state index contributed by atoms with van der Waals surface area (Å²) in [6.07, 6.45) is 1.27. The lowest BCUT2D eigenvalue weighted by atomic mass is 9.68. The zero-order valence-corrected chi connectivity index (χ0v) is 19.1. The van der Waals surface area contributed by atoms with Crippen LogP contribution in [0.2, 0.25) is 0 Å². The normalized spacial score (nSPS) is 20.6. The average Bonchev–Trinajstić information content (AvgIpc) is 2.67. The smallest absolute Gasteiger partial charge is 0.336 e. The zero-order valence-electron chi connectivity index (χ0n) is 19.1. The van der Waals surface area contributed by atoms with Crippen molar-refractivity contribution in [2.45, 2.75) is 60.3 Å². The number of allylic oxidation sites excluding steroid dienone is 3. The van der Waals surface area contributed by atoms with E-state index in [-0.39, 0.29) is 17.2 Å². The highest BCUT2D eigenvalue weighted by Crippen LogP contribution is 2.46. The molecule has 0 radical (unpaired) electrons. The number of rotatable bonds is 6. The van der Waals surface area contributed by atoms with Crippen LogP contribution in [-0.2, 0) is 14.3 Å². The van der Waals surface area contributed by atoms with Crippen molar-refractivity contribution in [1.82, 2.24) is 5.32 Å². The molecule has 5 heteroatoms. The van der Waals surface area contributed by atoms with Crippen LogP contribution in [0.15, 0.2) is 46.8 Å². The van der Waals surface area contributed by atoms with Gasteiger partial charge < -0.3 is 15.0 Å². The van der Waals surface area contributed by atoms with Crippen molar-refractivity contribution in [2.24, 2.45) is 5.41 Å². The van der Waals surface area contributed by atoms with Gasteiger partial charge in [0, 0.05) is 48.1 Å². The van der Waals surface area contributed by atoms with Gasteiger partial charge in [0.05, 0.1) is 12.2 Å². The van der Waals surface area contributed by atoms with Gasteiger partial charge in [0.2, 0.25) is 0 Å². The first-order chi connectivity index (χ1) is 14.2. The van der Waals surface area contributed by atoms with Crippen LogP contribution in [0.1, 0.15) is 65.9 Å². The summed E-state index contributed by atoms with van der Waals surface area (Å²) in [7, 11) is 0. The van der Waals surface area contributed by atoms with E-state index in [0.29, 0.717) is 18.6 Å². The summed E-state index contributed by atoms with van der Waals surface area (Å²) in [5.74, 6) is -0.639. The molecular weight excluding hydrogens is 376 g/mol. The molecule has 1 aromatic carbocycles. The third-order valence-electron chi connectivity index (χ3n) is 6.09. The Morgan fingerprint density at radius 3 is 2.33 bits per heavy atom. The molecule has 1 aliphatic heterocycles. The maximum atomic E-state index is 13.2. The predicted octanol–water partition coefficient (Wildman–Crippen LogP) is 4.70. The number of Topliss-reactive ketones (excluding diaryl/α,β-unsaturated/α-hetero) is 1. The number of anilines is 1. The fraction of sp³-hybridized carbons (Fsp3) is 0.520. The van der Waals surface area contributed by atoms with Crippen LogP contribution < -0.4 is 10.2 Å². The molecule has 162 valence electrons. The maximum absolute atomic E-state index is 13.2. The van der Waals surface area contributed by atoms with E-state index in [9.17, 15) is 9.59 Å². The van der Waals surface area contributed by atoms with Gasteiger partial charge in [0.15, 0.2) is 5.78 Å². The summed E-state index contributed by atoms with van der Waals surface area (Å²) < 4.78 is 5.38. The molecule has 2 aliphatic rings. The van der Waals surface area contributed by atoms with Gasteiger partial charge in [0.25, 0.3) is 0 Å².